The second-order valence-electron chi connectivity index (χ2n) is 4.80. The zero-order valence-corrected chi connectivity index (χ0v) is 14.0. The van der Waals surface area contributed by atoms with Gasteiger partial charge in [0.15, 0.2) is 5.96 Å². The summed E-state index contributed by atoms with van der Waals surface area (Å²) in [6, 6.07) is 14.1. The van der Waals surface area contributed by atoms with E-state index in [-0.39, 0.29) is 0 Å². The summed E-state index contributed by atoms with van der Waals surface area (Å²) in [7, 11) is 0. The summed E-state index contributed by atoms with van der Waals surface area (Å²) >= 11 is 1.79. The van der Waals surface area contributed by atoms with E-state index in [1.165, 1.54) is 9.75 Å². The molecule has 0 aliphatic heterocycles. The maximum Gasteiger partial charge on any atom is 0.191 e. The molecule has 0 atom stereocenters. The minimum absolute atomic E-state index is 0.604. The molecule has 1 aromatic heterocycles. The Kier molecular flexibility index (Phi) is 6.77. The molecule has 0 fully saturated rings. The zero-order chi connectivity index (χ0) is 15.6. The van der Waals surface area contributed by atoms with Crippen LogP contribution < -0.4 is 15.4 Å². The van der Waals surface area contributed by atoms with Gasteiger partial charge in [0.05, 0.1) is 13.1 Å². The predicted octanol–water partition coefficient (Wildman–Crippen LogP) is 3.19. The van der Waals surface area contributed by atoms with E-state index in [1.807, 2.05) is 30.3 Å². The van der Waals surface area contributed by atoms with Gasteiger partial charge in [-0.05, 0) is 38.1 Å². The fraction of sp³-hybridized carbons (Fsp3) is 0.353. The molecule has 118 valence electrons. The van der Waals surface area contributed by atoms with Crippen molar-refractivity contribution < 1.29 is 4.74 Å². The van der Waals surface area contributed by atoms with Crippen molar-refractivity contribution in [2.45, 2.75) is 20.4 Å². The highest BCUT2D eigenvalue weighted by molar-refractivity contribution is 7.11. The van der Waals surface area contributed by atoms with E-state index in [0.29, 0.717) is 19.7 Å². The second-order valence-corrected chi connectivity index (χ2v) is 6.17. The number of rotatable bonds is 7. The first-order chi connectivity index (χ1) is 10.8. The van der Waals surface area contributed by atoms with Crippen molar-refractivity contribution in [2.24, 2.45) is 4.99 Å². The molecule has 22 heavy (non-hydrogen) atoms. The van der Waals surface area contributed by atoms with Gasteiger partial charge >= 0.3 is 0 Å². The summed E-state index contributed by atoms with van der Waals surface area (Å²) in [5.74, 6) is 1.71. The van der Waals surface area contributed by atoms with Crippen LogP contribution in [0, 0.1) is 6.92 Å². The highest BCUT2D eigenvalue weighted by Crippen LogP contribution is 2.15. The van der Waals surface area contributed by atoms with E-state index < -0.39 is 0 Å². The topological polar surface area (TPSA) is 45.7 Å². The molecule has 0 bridgehead atoms. The van der Waals surface area contributed by atoms with Crippen molar-refractivity contribution in [3.05, 3.63) is 52.2 Å². The average molecular weight is 317 g/mol. The average Bonchev–Trinajstić information content (AvgIpc) is 2.95. The Balaban J connectivity index is 1.76. The lowest BCUT2D eigenvalue weighted by molar-refractivity contribution is 0.322. The molecule has 0 saturated heterocycles. The highest BCUT2D eigenvalue weighted by Gasteiger charge is 1.99. The molecule has 0 radical (unpaired) electrons. The largest absolute Gasteiger partial charge is 0.492 e. The SMILES string of the molecule is CCNC(=NCc1ccc(C)s1)NCCOc1ccccc1. The number of nitrogens with zero attached hydrogens (tertiary/aromatic N) is 1. The quantitative estimate of drug-likeness (QED) is 0.468. The third-order valence-corrected chi connectivity index (χ3v) is 3.93. The number of ether oxygens (including phenoxy) is 1. The zero-order valence-electron chi connectivity index (χ0n) is 13.1. The maximum absolute atomic E-state index is 5.66. The molecule has 5 heteroatoms. The van der Waals surface area contributed by atoms with Crippen molar-refractivity contribution in [1.82, 2.24) is 10.6 Å². The normalized spacial score (nSPS) is 11.3. The highest BCUT2D eigenvalue weighted by atomic mass is 32.1. The van der Waals surface area contributed by atoms with Gasteiger partial charge in [0, 0.05) is 16.3 Å². The molecule has 0 saturated carbocycles. The van der Waals surface area contributed by atoms with Crippen molar-refractivity contribution in [3.63, 3.8) is 0 Å². The van der Waals surface area contributed by atoms with Crippen molar-refractivity contribution in [1.29, 1.82) is 0 Å². The fourth-order valence-electron chi connectivity index (χ4n) is 1.92. The van der Waals surface area contributed by atoms with Crippen molar-refractivity contribution in [3.8, 4) is 5.75 Å². The van der Waals surface area contributed by atoms with Gasteiger partial charge < -0.3 is 15.4 Å². The van der Waals surface area contributed by atoms with Crippen LogP contribution in [0.5, 0.6) is 5.75 Å². The first-order valence-corrected chi connectivity index (χ1v) is 8.35. The predicted molar refractivity (Wildman–Crippen MR) is 93.8 cm³/mol. The van der Waals surface area contributed by atoms with E-state index >= 15 is 0 Å². The van der Waals surface area contributed by atoms with Gasteiger partial charge in [-0.25, -0.2) is 4.99 Å². The van der Waals surface area contributed by atoms with E-state index in [9.17, 15) is 0 Å². The Labute approximate surface area is 136 Å². The Bertz CT molecular complexity index is 581. The molecule has 2 N–H and O–H groups in total. The number of aryl methyl sites for hydroxylation is 1. The summed E-state index contributed by atoms with van der Waals surface area (Å²) in [4.78, 5) is 7.18. The molecule has 4 nitrogen and oxygen atoms in total. The molecule has 0 aliphatic carbocycles. The first kappa shape index (κ1) is 16.4. The standard InChI is InChI=1S/C17H23N3OS/c1-3-18-17(20-13-16-10-9-14(2)22-16)19-11-12-21-15-7-5-4-6-8-15/h4-10H,3,11-13H2,1-2H3,(H2,18,19,20). The second kappa shape index (κ2) is 9.10. The molecule has 2 rings (SSSR count). The van der Waals surface area contributed by atoms with Crippen LogP contribution in [0.2, 0.25) is 0 Å². The van der Waals surface area contributed by atoms with Crippen LogP contribution in [-0.2, 0) is 6.54 Å². The van der Waals surface area contributed by atoms with Crippen LogP contribution in [0.25, 0.3) is 0 Å². The number of hydrogen-bond acceptors (Lipinski definition) is 3. The lowest BCUT2D eigenvalue weighted by Crippen LogP contribution is -2.39. The molecule has 1 heterocycles. The lowest BCUT2D eigenvalue weighted by atomic mass is 10.3. The number of para-hydroxylation sites is 1. The minimum Gasteiger partial charge on any atom is -0.492 e. The van der Waals surface area contributed by atoms with E-state index in [2.05, 4.69) is 41.6 Å². The summed E-state index contributed by atoms with van der Waals surface area (Å²) in [6.45, 7) is 7.04. The number of guanidine groups is 1. The summed E-state index contributed by atoms with van der Waals surface area (Å²) in [5.41, 5.74) is 0. The third-order valence-electron chi connectivity index (χ3n) is 2.94. The van der Waals surface area contributed by atoms with Crippen molar-refractivity contribution >= 4 is 17.3 Å². The Morgan fingerprint density at radius 3 is 2.64 bits per heavy atom. The molecule has 1 aromatic carbocycles. The Morgan fingerprint density at radius 2 is 1.95 bits per heavy atom. The lowest BCUT2D eigenvalue weighted by Gasteiger charge is -2.11. The van der Waals surface area contributed by atoms with E-state index in [4.69, 9.17) is 4.74 Å². The van der Waals surface area contributed by atoms with Gasteiger partial charge in [-0.1, -0.05) is 18.2 Å². The fourth-order valence-corrected chi connectivity index (χ4v) is 2.74. The molecule has 0 aliphatic rings. The smallest absolute Gasteiger partial charge is 0.191 e. The molecule has 2 aromatic rings. The molecule has 0 unspecified atom stereocenters. The molecule has 0 spiro atoms. The number of nitrogens with one attached hydrogen (secondary N) is 2. The van der Waals surface area contributed by atoms with Gasteiger partial charge in [-0.3, -0.25) is 0 Å². The van der Waals surface area contributed by atoms with Gasteiger partial charge in [0.2, 0.25) is 0 Å². The van der Waals surface area contributed by atoms with Crippen molar-refractivity contribution in [2.75, 3.05) is 19.7 Å². The number of benzene rings is 1. The molecular formula is C17H23N3OS. The Hall–Kier alpha value is -2.01. The summed E-state index contributed by atoms with van der Waals surface area (Å²) in [6.07, 6.45) is 0. The monoisotopic (exact) mass is 317 g/mol. The Morgan fingerprint density at radius 1 is 1.14 bits per heavy atom. The summed E-state index contributed by atoms with van der Waals surface area (Å²) in [5, 5.41) is 6.53. The number of aliphatic imine (C=N–C) groups is 1. The van der Waals surface area contributed by atoms with Crippen LogP contribution in [-0.4, -0.2) is 25.7 Å². The van der Waals surface area contributed by atoms with Gasteiger partial charge in [-0.2, -0.15) is 0 Å². The van der Waals surface area contributed by atoms with Crippen LogP contribution in [0.1, 0.15) is 16.7 Å². The minimum atomic E-state index is 0.604. The van der Waals surface area contributed by atoms with Crippen LogP contribution in [0.4, 0.5) is 0 Å². The van der Waals surface area contributed by atoms with E-state index in [1.54, 1.807) is 11.3 Å². The van der Waals surface area contributed by atoms with Gasteiger partial charge in [-0.15, -0.1) is 11.3 Å². The number of thiophene rings is 1. The molecule has 0 amide bonds. The van der Waals surface area contributed by atoms with Gasteiger partial charge in [0.1, 0.15) is 12.4 Å². The summed E-state index contributed by atoms with van der Waals surface area (Å²) < 4.78 is 5.66. The number of hydrogen-bond donors (Lipinski definition) is 2. The third kappa shape index (κ3) is 5.77. The first-order valence-electron chi connectivity index (χ1n) is 7.53. The van der Waals surface area contributed by atoms with Crippen LogP contribution in [0.15, 0.2) is 47.5 Å². The van der Waals surface area contributed by atoms with Crippen LogP contribution >= 0.6 is 11.3 Å². The van der Waals surface area contributed by atoms with E-state index in [0.717, 1.165) is 18.3 Å². The van der Waals surface area contributed by atoms with Gasteiger partial charge in [0.25, 0.3) is 0 Å². The maximum atomic E-state index is 5.66. The van der Waals surface area contributed by atoms with Crippen LogP contribution in [0.3, 0.4) is 0 Å². The molecular weight excluding hydrogens is 294 g/mol.